The number of carbonyl (C=O) groups is 2. The van der Waals surface area contributed by atoms with Gasteiger partial charge in [0.15, 0.2) is 6.61 Å². The molecule has 1 aliphatic rings. The summed E-state index contributed by atoms with van der Waals surface area (Å²) in [5.41, 5.74) is 3.09. The molecule has 1 fully saturated rings. The lowest BCUT2D eigenvalue weighted by Crippen LogP contribution is -2.50. The molecular weight excluding hydrogens is 456 g/mol. The minimum absolute atomic E-state index is 0.107. The SMILES string of the molecule is Cc1cccc(OCC(=O)N(Cc2ccc(Br)cc2)[C@@H](C)C(=O)NC2CCCC2)c1C. The Bertz CT molecular complexity index is 907. The highest BCUT2D eigenvalue weighted by atomic mass is 79.9. The van der Waals surface area contributed by atoms with Crippen LogP contribution in [0.15, 0.2) is 46.9 Å². The van der Waals surface area contributed by atoms with Crippen molar-refractivity contribution >= 4 is 27.7 Å². The van der Waals surface area contributed by atoms with Crippen molar-refractivity contribution in [3.8, 4) is 5.75 Å². The number of carbonyl (C=O) groups excluding carboxylic acids is 2. The molecule has 1 saturated carbocycles. The molecule has 3 rings (SSSR count). The van der Waals surface area contributed by atoms with Gasteiger partial charge in [-0.05, 0) is 68.5 Å². The van der Waals surface area contributed by atoms with Crippen molar-refractivity contribution in [2.45, 2.75) is 65.1 Å². The molecular formula is C25H31BrN2O3. The number of halogens is 1. The molecule has 31 heavy (non-hydrogen) atoms. The van der Waals surface area contributed by atoms with Gasteiger partial charge in [0.2, 0.25) is 5.91 Å². The highest BCUT2D eigenvalue weighted by Gasteiger charge is 2.28. The lowest BCUT2D eigenvalue weighted by atomic mass is 10.1. The average Bonchev–Trinajstić information content (AvgIpc) is 3.26. The van der Waals surface area contributed by atoms with Crippen molar-refractivity contribution in [2.24, 2.45) is 0 Å². The van der Waals surface area contributed by atoms with E-state index in [1.54, 1.807) is 11.8 Å². The van der Waals surface area contributed by atoms with Gasteiger partial charge in [-0.15, -0.1) is 0 Å². The number of ether oxygens (including phenoxy) is 1. The summed E-state index contributed by atoms with van der Waals surface area (Å²) in [5.74, 6) is 0.377. The van der Waals surface area contributed by atoms with Crippen molar-refractivity contribution in [3.63, 3.8) is 0 Å². The van der Waals surface area contributed by atoms with Gasteiger partial charge in [-0.2, -0.15) is 0 Å². The first-order valence-electron chi connectivity index (χ1n) is 10.9. The van der Waals surface area contributed by atoms with E-state index in [1.165, 1.54) is 0 Å². The number of aryl methyl sites for hydroxylation is 1. The molecule has 0 bridgehead atoms. The Morgan fingerprint density at radius 1 is 1.13 bits per heavy atom. The number of benzene rings is 2. The largest absolute Gasteiger partial charge is 0.483 e. The number of nitrogens with zero attached hydrogens (tertiary/aromatic N) is 1. The Labute approximate surface area is 193 Å². The number of hydrogen-bond acceptors (Lipinski definition) is 3. The number of nitrogens with one attached hydrogen (secondary N) is 1. The summed E-state index contributed by atoms with van der Waals surface area (Å²) in [7, 11) is 0. The van der Waals surface area contributed by atoms with Gasteiger partial charge in [0, 0.05) is 17.1 Å². The van der Waals surface area contributed by atoms with Gasteiger partial charge in [0.1, 0.15) is 11.8 Å². The third-order valence-electron chi connectivity index (χ3n) is 6.04. The predicted octanol–water partition coefficient (Wildman–Crippen LogP) is 4.92. The molecule has 1 atom stereocenters. The molecule has 2 aromatic carbocycles. The van der Waals surface area contributed by atoms with Gasteiger partial charge >= 0.3 is 0 Å². The van der Waals surface area contributed by atoms with Crippen molar-refractivity contribution in [1.82, 2.24) is 10.2 Å². The molecule has 0 saturated heterocycles. The second-order valence-electron chi connectivity index (χ2n) is 8.30. The van der Waals surface area contributed by atoms with Crippen LogP contribution in [0.3, 0.4) is 0 Å². The van der Waals surface area contributed by atoms with Gasteiger partial charge < -0.3 is 15.0 Å². The smallest absolute Gasteiger partial charge is 0.261 e. The molecule has 2 aromatic rings. The summed E-state index contributed by atoms with van der Waals surface area (Å²) < 4.78 is 6.82. The normalized spacial score (nSPS) is 14.8. The van der Waals surface area contributed by atoms with Crippen LogP contribution in [-0.2, 0) is 16.1 Å². The van der Waals surface area contributed by atoms with Crippen molar-refractivity contribution in [3.05, 3.63) is 63.6 Å². The van der Waals surface area contributed by atoms with Crippen LogP contribution in [0, 0.1) is 13.8 Å². The average molecular weight is 487 g/mol. The second kappa shape index (κ2) is 10.8. The van der Waals surface area contributed by atoms with Gasteiger partial charge in [0.05, 0.1) is 0 Å². The Kier molecular flexibility index (Phi) is 8.13. The molecule has 6 heteroatoms. The molecule has 0 aromatic heterocycles. The maximum absolute atomic E-state index is 13.2. The van der Waals surface area contributed by atoms with Crippen LogP contribution >= 0.6 is 15.9 Å². The summed E-state index contributed by atoms with van der Waals surface area (Å²) >= 11 is 3.44. The summed E-state index contributed by atoms with van der Waals surface area (Å²) in [6.45, 7) is 6.02. The summed E-state index contributed by atoms with van der Waals surface area (Å²) in [6, 6.07) is 13.2. The fourth-order valence-corrected chi connectivity index (χ4v) is 4.13. The van der Waals surface area contributed by atoms with Crippen LogP contribution in [-0.4, -0.2) is 35.4 Å². The summed E-state index contributed by atoms with van der Waals surface area (Å²) in [4.78, 5) is 27.7. The van der Waals surface area contributed by atoms with Gasteiger partial charge in [-0.3, -0.25) is 9.59 Å². The lowest BCUT2D eigenvalue weighted by molar-refractivity contribution is -0.142. The Morgan fingerprint density at radius 2 is 1.81 bits per heavy atom. The number of hydrogen-bond donors (Lipinski definition) is 1. The molecule has 0 spiro atoms. The van der Waals surface area contributed by atoms with Crippen LogP contribution < -0.4 is 10.1 Å². The first-order valence-corrected chi connectivity index (χ1v) is 11.7. The van der Waals surface area contributed by atoms with Crippen LogP contribution in [0.2, 0.25) is 0 Å². The fourth-order valence-electron chi connectivity index (χ4n) is 3.86. The topological polar surface area (TPSA) is 58.6 Å². The minimum Gasteiger partial charge on any atom is -0.483 e. The predicted molar refractivity (Wildman–Crippen MR) is 126 cm³/mol. The van der Waals surface area contributed by atoms with E-state index in [0.717, 1.165) is 46.8 Å². The lowest BCUT2D eigenvalue weighted by Gasteiger charge is -2.29. The Morgan fingerprint density at radius 3 is 2.48 bits per heavy atom. The summed E-state index contributed by atoms with van der Waals surface area (Å²) in [5, 5.41) is 3.12. The molecule has 166 valence electrons. The van der Waals surface area contributed by atoms with E-state index in [-0.39, 0.29) is 24.5 Å². The first-order chi connectivity index (χ1) is 14.8. The quantitative estimate of drug-likeness (QED) is 0.575. The third kappa shape index (κ3) is 6.33. The van der Waals surface area contributed by atoms with Crippen molar-refractivity contribution < 1.29 is 14.3 Å². The first kappa shape index (κ1) is 23.3. The monoisotopic (exact) mass is 486 g/mol. The maximum atomic E-state index is 13.2. The van der Waals surface area contributed by atoms with Crippen LogP contribution in [0.25, 0.3) is 0 Å². The molecule has 0 unspecified atom stereocenters. The molecule has 2 amide bonds. The molecule has 5 nitrogen and oxygen atoms in total. The van der Waals surface area contributed by atoms with E-state index in [4.69, 9.17) is 4.74 Å². The molecule has 1 N–H and O–H groups in total. The van der Waals surface area contributed by atoms with Gasteiger partial charge in [-0.1, -0.05) is 53.0 Å². The zero-order valence-corrected chi connectivity index (χ0v) is 20.1. The standard InChI is InChI=1S/C25H31BrN2O3/c1-17-7-6-10-23(18(17)2)31-16-24(29)28(15-20-11-13-21(26)14-12-20)19(3)25(30)27-22-8-4-5-9-22/h6-7,10-14,19,22H,4-5,8-9,15-16H2,1-3H3,(H,27,30)/t19-/m0/s1. The maximum Gasteiger partial charge on any atom is 0.261 e. The Balaban J connectivity index is 1.73. The van der Waals surface area contributed by atoms with E-state index >= 15 is 0 Å². The molecule has 1 aliphatic carbocycles. The van der Waals surface area contributed by atoms with Crippen LogP contribution in [0.5, 0.6) is 5.75 Å². The Hall–Kier alpha value is -2.34. The zero-order valence-electron chi connectivity index (χ0n) is 18.5. The van der Waals surface area contributed by atoms with Crippen LogP contribution in [0.1, 0.15) is 49.3 Å². The summed E-state index contributed by atoms with van der Waals surface area (Å²) in [6.07, 6.45) is 4.30. The van der Waals surface area contributed by atoms with E-state index in [0.29, 0.717) is 12.3 Å². The zero-order chi connectivity index (χ0) is 22.4. The van der Waals surface area contributed by atoms with Crippen molar-refractivity contribution in [2.75, 3.05) is 6.61 Å². The van der Waals surface area contributed by atoms with E-state index in [1.807, 2.05) is 56.3 Å². The van der Waals surface area contributed by atoms with E-state index in [9.17, 15) is 9.59 Å². The third-order valence-corrected chi connectivity index (χ3v) is 6.57. The highest BCUT2D eigenvalue weighted by Crippen LogP contribution is 2.22. The fraction of sp³-hybridized carbons (Fsp3) is 0.440. The minimum atomic E-state index is -0.584. The number of amides is 2. The van der Waals surface area contributed by atoms with Crippen molar-refractivity contribution in [1.29, 1.82) is 0 Å². The van der Waals surface area contributed by atoms with Gasteiger partial charge in [-0.25, -0.2) is 0 Å². The number of rotatable bonds is 8. The van der Waals surface area contributed by atoms with E-state index in [2.05, 4.69) is 21.2 Å². The molecule has 0 aliphatic heterocycles. The second-order valence-corrected chi connectivity index (χ2v) is 9.22. The molecule has 0 heterocycles. The highest BCUT2D eigenvalue weighted by molar-refractivity contribution is 9.10. The van der Waals surface area contributed by atoms with Crippen LogP contribution in [0.4, 0.5) is 0 Å². The molecule has 0 radical (unpaired) electrons. The van der Waals surface area contributed by atoms with E-state index < -0.39 is 6.04 Å². The van der Waals surface area contributed by atoms with Gasteiger partial charge in [0.25, 0.3) is 5.91 Å².